The second-order valence-corrected chi connectivity index (χ2v) is 7.96. The highest BCUT2D eigenvalue weighted by Crippen LogP contribution is 2.38. The van der Waals surface area contributed by atoms with Crippen LogP contribution in [-0.2, 0) is 17.8 Å². The number of thioether (sulfide) groups is 1. The maximum atomic E-state index is 12.5. The Kier molecular flexibility index (Phi) is 6.05. The van der Waals surface area contributed by atoms with Crippen LogP contribution < -0.4 is 4.74 Å². The number of nitrogens with zero attached hydrogens (tertiary/aromatic N) is 1. The molecule has 0 saturated heterocycles. The number of alkyl halides is 3. The van der Waals surface area contributed by atoms with Crippen molar-refractivity contribution in [1.29, 1.82) is 0 Å². The van der Waals surface area contributed by atoms with Gasteiger partial charge in [-0.2, -0.15) is 13.2 Å². The van der Waals surface area contributed by atoms with E-state index in [9.17, 15) is 23.1 Å². The zero-order valence-corrected chi connectivity index (χ0v) is 17.1. The summed E-state index contributed by atoms with van der Waals surface area (Å²) >= 11 is 6.10. The van der Waals surface area contributed by atoms with Crippen LogP contribution >= 0.6 is 23.4 Å². The molecule has 0 saturated carbocycles. The molecule has 0 atom stereocenters. The van der Waals surface area contributed by atoms with E-state index in [1.807, 2.05) is 11.5 Å². The van der Waals surface area contributed by atoms with Crippen molar-refractivity contribution in [1.82, 2.24) is 4.57 Å². The standard InChI is InChI=1S/C20H17ClF3NO3S/c1-11-14(8-19(26)27)15-7-18(28-2)16(21)9-17(15)25(11)10-12-3-5-13(6-4-12)29-20(22,23)24/h3-7,9H,8,10H2,1-2H3,(H,26,27). The van der Waals surface area contributed by atoms with Gasteiger partial charge in [-0.15, -0.1) is 0 Å². The number of fused-ring (bicyclic) bond motifs is 1. The number of benzene rings is 2. The van der Waals surface area contributed by atoms with Gasteiger partial charge < -0.3 is 14.4 Å². The Bertz CT molecular complexity index is 1060. The largest absolute Gasteiger partial charge is 0.495 e. The molecule has 0 fully saturated rings. The van der Waals surface area contributed by atoms with Crippen molar-refractivity contribution in [3.05, 3.63) is 58.2 Å². The molecule has 0 radical (unpaired) electrons. The zero-order valence-electron chi connectivity index (χ0n) is 15.5. The first-order valence-corrected chi connectivity index (χ1v) is 9.70. The molecule has 1 heterocycles. The number of halogens is 4. The Balaban J connectivity index is 2.03. The van der Waals surface area contributed by atoms with E-state index >= 15 is 0 Å². The molecule has 0 aliphatic carbocycles. The molecular weight excluding hydrogens is 427 g/mol. The van der Waals surface area contributed by atoms with Crippen molar-refractivity contribution in [2.24, 2.45) is 0 Å². The molecular formula is C20H17ClF3NO3S. The Morgan fingerprint density at radius 3 is 2.45 bits per heavy atom. The number of rotatable bonds is 6. The minimum absolute atomic E-state index is 0.106. The third-order valence-corrected chi connectivity index (χ3v) is 5.59. The van der Waals surface area contributed by atoms with Crippen LogP contribution in [0.25, 0.3) is 10.9 Å². The summed E-state index contributed by atoms with van der Waals surface area (Å²) in [6.45, 7) is 2.17. The molecule has 0 aliphatic rings. The molecule has 3 rings (SSSR count). The summed E-state index contributed by atoms with van der Waals surface area (Å²) in [7, 11) is 1.48. The smallest absolute Gasteiger partial charge is 0.446 e. The third-order valence-electron chi connectivity index (χ3n) is 4.55. The fourth-order valence-electron chi connectivity index (χ4n) is 3.26. The van der Waals surface area contributed by atoms with Crippen molar-refractivity contribution < 1.29 is 27.8 Å². The minimum atomic E-state index is -4.34. The quantitative estimate of drug-likeness (QED) is 0.482. The summed E-state index contributed by atoms with van der Waals surface area (Å²) in [6.07, 6.45) is -0.165. The first-order chi connectivity index (χ1) is 13.6. The van der Waals surface area contributed by atoms with Gasteiger partial charge >= 0.3 is 11.5 Å². The number of ether oxygens (including phenoxy) is 1. The highest BCUT2D eigenvalue weighted by atomic mass is 35.5. The van der Waals surface area contributed by atoms with Gasteiger partial charge in [0, 0.05) is 22.5 Å². The van der Waals surface area contributed by atoms with E-state index in [-0.39, 0.29) is 23.1 Å². The molecule has 0 unspecified atom stereocenters. The molecule has 29 heavy (non-hydrogen) atoms. The van der Waals surface area contributed by atoms with Crippen molar-refractivity contribution in [3.8, 4) is 5.75 Å². The van der Waals surface area contributed by atoms with E-state index in [2.05, 4.69) is 0 Å². The second kappa shape index (κ2) is 8.20. The normalized spacial score (nSPS) is 11.8. The molecule has 1 N–H and O–H groups in total. The van der Waals surface area contributed by atoms with Gasteiger partial charge in [-0.05, 0) is 54.1 Å². The molecule has 154 valence electrons. The Morgan fingerprint density at radius 1 is 1.24 bits per heavy atom. The number of carboxylic acids is 1. The van der Waals surface area contributed by atoms with Gasteiger partial charge in [0.25, 0.3) is 0 Å². The van der Waals surface area contributed by atoms with Gasteiger partial charge in [0.1, 0.15) is 5.75 Å². The third kappa shape index (κ3) is 4.82. The molecule has 9 heteroatoms. The van der Waals surface area contributed by atoms with E-state index in [1.165, 1.54) is 19.2 Å². The molecule has 0 aliphatic heterocycles. The minimum Gasteiger partial charge on any atom is -0.495 e. The van der Waals surface area contributed by atoms with Gasteiger partial charge in [-0.25, -0.2) is 0 Å². The Labute approximate surface area is 174 Å². The van der Waals surface area contributed by atoms with Crippen molar-refractivity contribution in [3.63, 3.8) is 0 Å². The Hall–Kier alpha value is -2.32. The number of methoxy groups -OCH3 is 1. The lowest BCUT2D eigenvalue weighted by molar-refractivity contribution is -0.136. The maximum absolute atomic E-state index is 12.5. The van der Waals surface area contributed by atoms with Gasteiger partial charge in [0.15, 0.2) is 0 Å². The molecule has 0 amide bonds. The number of carboxylic acid groups (broad SMARTS) is 1. The lowest BCUT2D eigenvalue weighted by Crippen LogP contribution is -2.05. The van der Waals surface area contributed by atoms with Crippen LogP contribution in [0.1, 0.15) is 16.8 Å². The number of hydrogen-bond donors (Lipinski definition) is 1. The highest BCUT2D eigenvalue weighted by Gasteiger charge is 2.29. The summed E-state index contributed by atoms with van der Waals surface area (Å²) < 4.78 is 44.7. The van der Waals surface area contributed by atoms with Gasteiger partial charge in [-0.1, -0.05) is 23.7 Å². The van der Waals surface area contributed by atoms with Crippen molar-refractivity contribution in [2.45, 2.75) is 30.3 Å². The topological polar surface area (TPSA) is 51.5 Å². The molecule has 1 aromatic heterocycles. The summed E-state index contributed by atoms with van der Waals surface area (Å²) in [6, 6.07) is 9.51. The summed E-state index contributed by atoms with van der Waals surface area (Å²) in [5.41, 5.74) is -1.42. The average Bonchev–Trinajstić information content (AvgIpc) is 2.86. The monoisotopic (exact) mass is 443 g/mol. The van der Waals surface area contributed by atoms with Crippen molar-refractivity contribution >= 4 is 40.2 Å². The predicted octanol–water partition coefficient (Wildman–Crippen LogP) is 5.90. The van der Waals surface area contributed by atoms with Crippen LogP contribution in [0.2, 0.25) is 5.02 Å². The van der Waals surface area contributed by atoms with Crippen LogP contribution in [0.4, 0.5) is 13.2 Å². The first kappa shape index (κ1) is 21.4. The van der Waals surface area contributed by atoms with Gasteiger partial charge in [0.05, 0.1) is 24.1 Å². The van der Waals surface area contributed by atoms with Crippen LogP contribution in [0.3, 0.4) is 0 Å². The average molecular weight is 444 g/mol. The zero-order chi connectivity index (χ0) is 21.3. The highest BCUT2D eigenvalue weighted by molar-refractivity contribution is 8.00. The first-order valence-electron chi connectivity index (χ1n) is 8.50. The molecule has 2 aromatic carbocycles. The number of aromatic nitrogens is 1. The van der Waals surface area contributed by atoms with Crippen LogP contribution in [-0.4, -0.2) is 28.3 Å². The van der Waals surface area contributed by atoms with E-state index in [4.69, 9.17) is 16.3 Å². The van der Waals surface area contributed by atoms with E-state index in [1.54, 1.807) is 24.3 Å². The van der Waals surface area contributed by atoms with E-state index < -0.39 is 11.5 Å². The lowest BCUT2D eigenvalue weighted by atomic mass is 10.1. The lowest BCUT2D eigenvalue weighted by Gasteiger charge is -2.11. The molecule has 0 bridgehead atoms. The number of aliphatic carboxylic acids is 1. The Morgan fingerprint density at radius 2 is 1.90 bits per heavy atom. The van der Waals surface area contributed by atoms with E-state index in [0.717, 1.165) is 22.2 Å². The molecule has 3 aromatic rings. The van der Waals surface area contributed by atoms with Gasteiger partial charge in [0.2, 0.25) is 0 Å². The fourth-order valence-corrected chi connectivity index (χ4v) is 4.03. The van der Waals surface area contributed by atoms with Gasteiger partial charge in [-0.3, -0.25) is 4.79 Å². The summed E-state index contributed by atoms with van der Waals surface area (Å²) in [5, 5.41) is 10.4. The molecule has 4 nitrogen and oxygen atoms in total. The summed E-state index contributed by atoms with van der Waals surface area (Å²) in [4.78, 5) is 11.5. The predicted molar refractivity (Wildman–Crippen MR) is 107 cm³/mol. The van der Waals surface area contributed by atoms with Crippen LogP contribution in [0.5, 0.6) is 5.75 Å². The SMILES string of the molecule is COc1cc2c(CC(=O)O)c(C)n(Cc3ccc(SC(F)(F)F)cc3)c2cc1Cl. The van der Waals surface area contributed by atoms with E-state index in [0.29, 0.717) is 22.9 Å². The summed E-state index contributed by atoms with van der Waals surface area (Å²) in [5.74, 6) is -0.522. The number of carbonyl (C=O) groups is 1. The maximum Gasteiger partial charge on any atom is 0.446 e. The van der Waals surface area contributed by atoms with Crippen molar-refractivity contribution in [2.75, 3.05) is 7.11 Å². The number of hydrogen-bond acceptors (Lipinski definition) is 3. The van der Waals surface area contributed by atoms with Crippen LogP contribution in [0.15, 0.2) is 41.3 Å². The second-order valence-electron chi connectivity index (χ2n) is 6.42. The molecule has 0 spiro atoms. The van der Waals surface area contributed by atoms with Crippen LogP contribution in [0, 0.1) is 6.92 Å². The fraction of sp³-hybridized carbons (Fsp3) is 0.250.